The van der Waals surface area contributed by atoms with E-state index in [0.29, 0.717) is 24.0 Å². The van der Waals surface area contributed by atoms with Crippen molar-refractivity contribution in [3.8, 4) is 0 Å². The molecule has 0 aromatic heterocycles. The number of anilines is 1. The Hall–Kier alpha value is -0.580. The molecule has 0 radical (unpaired) electrons. The fourth-order valence-corrected chi connectivity index (χ4v) is 3.04. The Balaban J connectivity index is 2.01. The second-order valence-corrected chi connectivity index (χ2v) is 6.16. The van der Waals surface area contributed by atoms with Gasteiger partial charge < -0.3 is 9.64 Å². The molecule has 1 fully saturated rings. The molecule has 0 spiro atoms. The lowest BCUT2D eigenvalue weighted by molar-refractivity contribution is -0.120. The Morgan fingerprint density at radius 1 is 1.58 bits per heavy atom. The normalized spacial score (nSPS) is 19.2. The van der Waals surface area contributed by atoms with Crippen LogP contribution in [0.5, 0.6) is 0 Å². The van der Waals surface area contributed by atoms with E-state index in [0.717, 1.165) is 29.6 Å². The number of benzene rings is 1. The van der Waals surface area contributed by atoms with Crippen LogP contribution in [-0.4, -0.2) is 26.2 Å². The zero-order chi connectivity index (χ0) is 13.8. The van der Waals surface area contributed by atoms with Gasteiger partial charge in [0.2, 0.25) is 5.91 Å². The smallest absolute Gasteiger partial charge is 0.227 e. The van der Waals surface area contributed by atoms with E-state index in [2.05, 4.69) is 15.9 Å². The minimum atomic E-state index is 0.0831. The van der Waals surface area contributed by atoms with Gasteiger partial charge in [0, 0.05) is 31.2 Å². The third-order valence-corrected chi connectivity index (χ3v) is 4.16. The number of hydrogen-bond donors (Lipinski definition) is 0. The van der Waals surface area contributed by atoms with Crippen molar-refractivity contribution in [2.24, 2.45) is 5.92 Å². The molecule has 0 unspecified atom stereocenters. The van der Waals surface area contributed by atoms with Crippen molar-refractivity contribution in [3.05, 3.63) is 27.7 Å². The third kappa shape index (κ3) is 3.94. The number of nitrogens with zero attached hydrogens (tertiary/aromatic N) is 1. The molecular formula is C14H17BrClNO2. The SMILES string of the molecule is CN(C(=O)C[C@@H]1CCCOC1)c1ccc(Br)cc1Cl. The fourth-order valence-electron chi connectivity index (χ4n) is 2.24. The highest BCUT2D eigenvalue weighted by Crippen LogP contribution is 2.29. The van der Waals surface area contributed by atoms with E-state index in [1.165, 1.54) is 0 Å². The van der Waals surface area contributed by atoms with Crippen LogP contribution in [0.2, 0.25) is 5.02 Å². The molecule has 104 valence electrons. The van der Waals surface area contributed by atoms with Crippen LogP contribution in [0.3, 0.4) is 0 Å². The summed E-state index contributed by atoms with van der Waals surface area (Å²) in [4.78, 5) is 13.9. The molecule has 5 heteroatoms. The van der Waals surface area contributed by atoms with E-state index in [1.807, 2.05) is 12.1 Å². The second kappa shape index (κ2) is 6.73. The van der Waals surface area contributed by atoms with Crippen LogP contribution in [0.25, 0.3) is 0 Å². The van der Waals surface area contributed by atoms with Gasteiger partial charge in [-0.1, -0.05) is 27.5 Å². The zero-order valence-electron chi connectivity index (χ0n) is 10.9. The maximum absolute atomic E-state index is 12.2. The van der Waals surface area contributed by atoms with Crippen molar-refractivity contribution in [2.45, 2.75) is 19.3 Å². The molecule has 1 saturated heterocycles. The van der Waals surface area contributed by atoms with Gasteiger partial charge in [-0.25, -0.2) is 0 Å². The Bertz CT molecular complexity index is 461. The van der Waals surface area contributed by atoms with Crippen LogP contribution in [0.15, 0.2) is 22.7 Å². The van der Waals surface area contributed by atoms with Crippen molar-refractivity contribution in [3.63, 3.8) is 0 Å². The van der Waals surface area contributed by atoms with Crippen LogP contribution in [0.4, 0.5) is 5.69 Å². The first kappa shape index (κ1) is 14.8. The van der Waals surface area contributed by atoms with Crippen LogP contribution >= 0.6 is 27.5 Å². The van der Waals surface area contributed by atoms with Gasteiger partial charge in [-0.15, -0.1) is 0 Å². The number of ether oxygens (including phenoxy) is 1. The summed E-state index contributed by atoms with van der Waals surface area (Å²) in [7, 11) is 1.77. The topological polar surface area (TPSA) is 29.5 Å². The van der Waals surface area contributed by atoms with Crippen molar-refractivity contribution in [2.75, 3.05) is 25.2 Å². The maximum Gasteiger partial charge on any atom is 0.227 e. The van der Waals surface area contributed by atoms with Gasteiger partial charge in [0.1, 0.15) is 0 Å². The molecule has 2 rings (SSSR count). The predicted octanol–water partition coefficient (Wildman–Crippen LogP) is 3.88. The summed E-state index contributed by atoms with van der Waals surface area (Å²) in [6.07, 6.45) is 2.62. The van der Waals surface area contributed by atoms with Crippen molar-refractivity contribution >= 4 is 39.1 Å². The average molecular weight is 347 g/mol. The first-order valence-corrected chi connectivity index (χ1v) is 7.54. The molecule has 1 aliphatic heterocycles. The van der Waals surface area contributed by atoms with E-state index in [-0.39, 0.29) is 5.91 Å². The van der Waals surface area contributed by atoms with Crippen LogP contribution < -0.4 is 4.90 Å². The first-order valence-electron chi connectivity index (χ1n) is 6.37. The minimum absolute atomic E-state index is 0.0831. The zero-order valence-corrected chi connectivity index (χ0v) is 13.2. The quantitative estimate of drug-likeness (QED) is 0.831. The number of hydrogen-bond acceptors (Lipinski definition) is 2. The molecule has 0 aliphatic carbocycles. The highest BCUT2D eigenvalue weighted by molar-refractivity contribution is 9.10. The van der Waals surface area contributed by atoms with E-state index in [9.17, 15) is 4.79 Å². The summed E-state index contributed by atoms with van der Waals surface area (Å²) in [5.74, 6) is 0.414. The summed E-state index contributed by atoms with van der Waals surface area (Å²) in [6.45, 7) is 1.51. The van der Waals surface area contributed by atoms with Gasteiger partial charge in [0.25, 0.3) is 0 Å². The maximum atomic E-state index is 12.2. The molecule has 0 bridgehead atoms. The lowest BCUT2D eigenvalue weighted by Crippen LogP contribution is -2.30. The summed E-state index contributed by atoms with van der Waals surface area (Å²) in [5.41, 5.74) is 0.742. The molecule has 1 amide bonds. The molecule has 19 heavy (non-hydrogen) atoms. The monoisotopic (exact) mass is 345 g/mol. The highest BCUT2D eigenvalue weighted by atomic mass is 79.9. The van der Waals surface area contributed by atoms with E-state index in [1.54, 1.807) is 18.0 Å². The second-order valence-electron chi connectivity index (χ2n) is 4.84. The van der Waals surface area contributed by atoms with Gasteiger partial charge >= 0.3 is 0 Å². The summed E-state index contributed by atoms with van der Waals surface area (Å²) >= 11 is 9.52. The summed E-state index contributed by atoms with van der Waals surface area (Å²) < 4.78 is 6.31. The lowest BCUT2D eigenvalue weighted by atomic mass is 9.98. The van der Waals surface area contributed by atoms with Gasteiger partial charge in [0.15, 0.2) is 0 Å². The van der Waals surface area contributed by atoms with E-state index in [4.69, 9.17) is 16.3 Å². The van der Waals surface area contributed by atoms with Crippen molar-refractivity contribution in [1.29, 1.82) is 0 Å². The standard InChI is InChI=1S/C14H17BrClNO2/c1-17(13-5-4-11(15)8-12(13)16)14(18)7-10-3-2-6-19-9-10/h4-5,8,10H,2-3,6-7,9H2,1H3/t10-/m0/s1. The molecular weight excluding hydrogens is 330 g/mol. The van der Waals surface area contributed by atoms with Crippen LogP contribution in [0.1, 0.15) is 19.3 Å². The molecule has 3 nitrogen and oxygen atoms in total. The molecule has 1 aromatic carbocycles. The van der Waals surface area contributed by atoms with Gasteiger partial charge in [0.05, 0.1) is 10.7 Å². The lowest BCUT2D eigenvalue weighted by Gasteiger charge is -2.25. The molecule has 0 N–H and O–H groups in total. The number of amides is 1. The predicted molar refractivity (Wildman–Crippen MR) is 80.7 cm³/mol. The van der Waals surface area contributed by atoms with Crippen LogP contribution in [0, 0.1) is 5.92 Å². The van der Waals surface area contributed by atoms with Gasteiger partial charge in [-0.05, 0) is 37.0 Å². The molecule has 1 aromatic rings. The van der Waals surface area contributed by atoms with Gasteiger partial charge in [-0.3, -0.25) is 4.79 Å². The molecule has 0 saturated carbocycles. The molecule has 1 aliphatic rings. The average Bonchev–Trinajstić information content (AvgIpc) is 2.39. The van der Waals surface area contributed by atoms with Gasteiger partial charge in [-0.2, -0.15) is 0 Å². The molecule has 1 atom stereocenters. The Labute approximate surface area is 127 Å². The fraction of sp³-hybridized carbons (Fsp3) is 0.500. The van der Waals surface area contributed by atoms with Crippen molar-refractivity contribution < 1.29 is 9.53 Å². The van der Waals surface area contributed by atoms with E-state index < -0.39 is 0 Å². The summed E-state index contributed by atoms with van der Waals surface area (Å²) in [6, 6.07) is 5.53. The Morgan fingerprint density at radius 2 is 2.37 bits per heavy atom. The number of carbonyl (C=O) groups excluding carboxylic acids is 1. The van der Waals surface area contributed by atoms with Crippen molar-refractivity contribution in [1.82, 2.24) is 0 Å². The van der Waals surface area contributed by atoms with E-state index >= 15 is 0 Å². The third-order valence-electron chi connectivity index (χ3n) is 3.36. The number of rotatable bonds is 3. The van der Waals surface area contributed by atoms with Crippen LogP contribution in [-0.2, 0) is 9.53 Å². The Morgan fingerprint density at radius 3 is 3.00 bits per heavy atom. The Kier molecular flexibility index (Phi) is 5.25. The number of halogens is 2. The number of carbonyl (C=O) groups is 1. The summed E-state index contributed by atoms with van der Waals surface area (Å²) in [5, 5.41) is 0.574. The highest BCUT2D eigenvalue weighted by Gasteiger charge is 2.21. The first-order chi connectivity index (χ1) is 9.08. The largest absolute Gasteiger partial charge is 0.381 e. The molecule has 1 heterocycles. The minimum Gasteiger partial charge on any atom is -0.381 e.